The topological polar surface area (TPSA) is 27.7 Å². The lowest BCUT2D eigenvalue weighted by molar-refractivity contribution is -0.678. The van der Waals surface area contributed by atoms with Crippen LogP contribution in [-0.4, -0.2) is 0 Å². The molecule has 0 atom stereocenters. The van der Waals surface area contributed by atoms with Gasteiger partial charge >= 0.3 is 0 Å². The molecule has 0 N–H and O–H groups in total. The van der Waals surface area contributed by atoms with Gasteiger partial charge in [-0.25, -0.2) is 4.57 Å². The van der Waals surface area contributed by atoms with Gasteiger partial charge in [0, 0.05) is 12.1 Å². The second-order valence-electron chi connectivity index (χ2n) is 2.14. The third-order valence-corrected chi connectivity index (χ3v) is 1.42. The van der Waals surface area contributed by atoms with Gasteiger partial charge in [-0.2, -0.15) is 5.26 Å². The Kier molecular flexibility index (Phi) is 4.47. The quantitative estimate of drug-likeness (QED) is 0.477. The van der Waals surface area contributed by atoms with E-state index >= 15 is 0 Å². The first kappa shape index (κ1) is 10.1. The van der Waals surface area contributed by atoms with Crippen molar-refractivity contribution in [1.29, 1.82) is 5.26 Å². The first-order valence-corrected chi connectivity index (χ1v) is 3.15. The monoisotopic (exact) mass is 212 g/mol. The summed E-state index contributed by atoms with van der Waals surface area (Å²) in [5.41, 5.74) is 1.05. The number of aromatic nitrogens is 1. The van der Waals surface area contributed by atoms with Crippen molar-refractivity contribution in [3.05, 3.63) is 30.1 Å². The zero-order valence-electron chi connectivity index (χ0n) is 6.29. The van der Waals surface area contributed by atoms with Crippen molar-refractivity contribution < 1.29 is 21.5 Å². The number of aryl methyl sites for hydroxylation is 1. The highest BCUT2D eigenvalue weighted by atomic mass is 79.9. The number of halogens is 1. The van der Waals surface area contributed by atoms with E-state index < -0.39 is 0 Å². The van der Waals surface area contributed by atoms with Crippen LogP contribution in [0, 0.1) is 11.3 Å². The van der Waals surface area contributed by atoms with Crippen LogP contribution in [0.25, 0.3) is 0 Å². The van der Waals surface area contributed by atoms with E-state index in [1.54, 1.807) is 0 Å². The van der Waals surface area contributed by atoms with Crippen molar-refractivity contribution in [3.8, 4) is 6.07 Å². The Balaban J connectivity index is 0.000001000. The van der Waals surface area contributed by atoms with Gasteiger partial charge in [0.2, 0.25) is 0 Å². The summed E-state index contributed by atoms with van der Waals surface area (Å²) in [4.78, 5) is 0. The molecule has 58 valence electrons. The van der Waals surface area contributed by atoms with Crippen molar-refractivity contribution in [2.24, 2.45) is 7.05 Å². The van der Waals surface area contributed by atoms with Gasteiger partial charge in [0.05, 0.1) is 6.07 Å². The van der Waals surface area contributed by atoms with Gasteiger partial charge in [0.25, 0.3) is 0 Å². The van der Waals surface area contributed by atoms with Crippen LogP contribution >= 0.6 is 0 Å². The predicted molar refractivity (Wildman–Crippen MR) is 36.9 cm³/mol. The minimum atomic E-state index is 0. The molecule has 0 aliphatic heterocycles. The first-order chi connectivity index (χ1) is 4.84. The van der Waals surface area contributed by atoms with E-state index in [2.05, 4.69) is 6.07 Å². The molecule has 1 aromatic heterocycles. The molecule has 1 rings (SSSR count). The van der Waals surface area contributed by atoms with Crippen LogP contribution in [0.3, 0.4) is 0 Å². The molecule has 0 aliphatic carbocycles. The van der Waals surface area contributed by atoms with E-state index in [9.17, 15) is 0 Å². The molecule has 3 heteroatoms. The Hall–Kier alpha value is -0.880. The summed E-state index contributed by atoms with van der Waals surface area (Å²) in [6.07, 6.45) is 2.42. The molecule has 1 aromatic rings. The fourth-order valence-corrected chi connectivity index (χ4v) is 0.823. The molecular weight excluding hydrogens is 204 g/mol. The summed E-state index contributed by atoms with van der Waals surface area (Å²) in [5, 5.41) is 8.38. The lowest BCUT2D eigenvalue weighted by Gasteiger charge is -1.90. The van der Waals surface area contributed by atoms with E-state index in [1.165, 1.54) is 0 Å². The van der Waals surface area contributed by atoms with Gasteiger partial charge in [-0.3, -0.25) is 0 Å². The first-order valence-electron chi connectivity index (χ1n) is 3.15. The van der Waals surface area contributed by atoms with Crippen LogP contribution in [0.1, 0.15) is 5.69 Å². The predicted octanol–water partition coefficient (Wildman–Crippen LogP) is -2.42. The van der Waals surface area contributed by atoms with Crippen molar-refractivity contribution >= 4 is 0 Å². The van der Waals surface area contributed by atoms with Crippen LogP contribution in [-0.2, 0) is 13.5 Å². The standard InChI is InChI=1S/C8H9N2.BrH/c1-10-7-3-2-4-8(10)5-6-9;/h2-4,7H,5H2,1H3;1H/q+1;/p-1. The smallest absolute Gasteiger partial charge is 0.195 e. The summed E-state index contributed by atoms with van der Waals surface area (Å²) in [6.45, 7) is 0. The lowest BCUT2D eigenvalue weighted by atomic mass is 10.3. The highest BCUT2D eigenvalue weighted by Crippen LogP contribution is 1.89. The van der Waals surface area contributed by atoms with Gasteiger partial charge in [0.15, 0.2) is 11.9 Å². The molecular formula is C8H9BrN2. The van der Waals surface area contributed by atoms with Crippen molar-refractivity contribution in [1.82, 2.24) is 0 Å². The summed E-state index contributed by atoms with van der Waals surface area (Å²) in [5.74, 6) is 0. The second kappa shape index (κ2) is 4.86. The fourth-order valence-electron chi connectivity index (χ4n) is 0.823. The maximum Gasteiger partial charge on any atom is 0.195 e. The van der Waals surface area contributed by atoms with Gasteiger partial charge in [-0.05, 0) is 0 Å². The number of nitriles is 1. The number of rotatable bonds is 1. The molecule has 0 spiro atoms. The highest BCUT2D eigenvalue weighted by Gasteiger charge is 2.00. The molecule has 0 radical (unpaired) electrons. The molecule has 0 unspecified atom stereocenters. The fraction of sp³-hybridized carbons (Fsp3) is 0.250. The zero-order valence-corrected chi connectivity index (χ0v) is 7.87. The lowest BCUT2D eigenvalue weighted by Crippen LogP contribution is -3.00. The molecule has 0 amide bonds. The van der Waals surface area contributed by atoms with Crippen molar-refractivity contribution in [2.45, 2.75) is 6.42 Å². The summed E-state index contributed by atoms with van der Waals surface area (Å²) in [7, 11) is 1.94. The second-order valence-corrected chi connectivity index (χ2v) is 2.14. The maximum atomic E-state index is 8.38. The van der Waals surface area contributed by atoms with Crippen LogP contribution in [0.4, 0.5) is 0 Å². The van der Waals surface area contributed by atoms with E-state index in [-0.39, 0.29) is 17.0 Å². The van der Waals surface area contributed by atoms with Crippen LogP contribution in [0.15, 0.2) is 24.4 Å². The van der Waals surface area contributed by atoms with Crippen LogP contribution < -0.4 is 21.5 Å². The summed E-state index contributed by atoms with van der Waals surface area (Å²) < 4.78 is 1.95. The third-order valence-electron chi connectivity index (χ3n) is 1.42. The molecule has 1 heterocycles. The summed E-state index contributed by atoms with van der Waals surface area (Å²) in [6, 6.07) is 7.93. The van der Waals surface area contributed by atoms with Crippen molar-refractivity contribution in [2.75, 3.05) is 0 Å². The zero-order chi connectivity index (χ0) is 7.40. The number of hydrogen-bond donors (Lipinski definition) is 0. The molecule has 0 saturated heterocycles. The van der Waals surface area contributed by atoms with Gasteiger partial charge in [0.1, 0.15) is 13.5 Å². The molecule has 2 nitrogen and oxygen atoms in total. The normalized spacial score (nSPS) is 8.00. The highest BCUT2D eigenvalue weighted by molar-refractivity contribution is 5.01. The molecule has 0 fully saturated rings. The Morgan fingerprint density at radius 1 is 1.55 bits per heavy atom. The Labute approximate surface area is 76.9 Å². The Morgan fingerprint density at radius 3 is 2.82 bits per heavy atom. The average Bonchev–Trinajstić information content (AvgIpc) is 1.94. The molecule has 0 bridgehead atoms. The van der Waals surface area contributed by atoms with Gasteiger partial charge < -0.3 is 17.0 Å². The number of hydrogen-bond acceptors (Lipinski definition) is 1. The van der Waals surface area contributed by atoms with Crippen LogP contribution in [0.5, 0.6) is 0 Å². The Morgan fingerprint density at radius 2 is 2.27 bits per heavy atom. The molecule has 0 saturated carbocycles. The van der Waals surface area contributed by atoms with E-state index in [4.69, 9.17) is 5.26 Å². The SMILES string of the molecule is C[n+]1ccccc1CC#N.[Br-]. The maximum absolute atomic E-state index is 8.38. The molecule has 11 heavy (non-hydrogen) atoms. The van der Waals surface area contributed by atoms with E-state index in [1.807, 2.05) is 36.0 Å². The minimum Gasteiger partial charge on any atom is -1.00 e. The molecule has 0 aromatic carbocycles. The largest absolute Gasteiger partial charge is 1.00 e. The number of nitrogens with zero attached hydrogens (tertiary/aromatic N) is 2. The van der Waals surface area contributed by atoms with Gasteiger partial charge in [-0.1, -0.05) is 6.07 Å². The average molecular weight is 213 g/mol. The van der Waals surface area contributed by atoms with Gasteiger partial charge in [-0.15, -0.1) is 0 Å². The van der Waals surface area contributed by atoms with Crippen LogP contribution in [0.2, 0.25) is 0 Å². The van der Waals surface area contributed by atoms with E-state index in [0.717, 1.165) is 5.69 Å². The Bertz CT molecular complexity index is 265. The molecule has 0 aliphatic rings. The minimum absolute atomic E-state index is 0. The number of pyridine rings is 1. The third kappa shape index (κ3) is 2.69. The summed E-state index contributed by atoms with van der Waals surface area (Å²) >= 11 is 0. The van der Waals surface area contributed by atoms with E-state index in [0.29, 0.717) is 6.42 Å². The van der Waals surface area contributed by atoms with Crippen molar-refractivity contribution in [3.63, 3.8) is 0 Å².